The summed E-state index contributed by atoms with van der Waals surface area (Å²) in [5, 5.41) is 11.8. The summed E-state index contributed by atoms with van der Waals surface area (Å²) in [6.45, 7) is 7.47. The lowest BCUT2D eigenvalue weighted by Crippen LogP contribution is -2.46. The van der Waals surface area contributed by atoms with E-state index < -0.39 is 0 Å². The van der Waals surface area contributed by atoms with E-state index in [2.05, 4.69) is 5.32 Å². The summed E-state index contributed by atoms with van der Waals surface area (Å²) in [7, 11) is 0. The average molecular weight is 202 g/mol. The van der Waals surface area contributed by atoms with Gasteiger partial charge in [0.1, 0.15) is 0 Å². The molecule has 3 atom stereocenters. The Labute approximate surface area is 85.9 Å². The molecule has 0 fully saturated rings. The number of carbonyl (C=O) groups is 1. The third kappa shape index (κ3) is 4.07. The van der Waals surface area contributed by atoms with Gasteiger partial charge in [-0.1, -0.05) is 20.8 Å². The highest BCUT2D eigenvalue weighted by Gasteiger charge is 2.21. The van der Waals surface area contributed by atoms with Gasteiger partial charge < -0.3 is 16.2 Å². The summed E-state index contributed by atoms with van der Waals surface area (Å²) in [5.74, 6) is -0.0835. The molecule has 84 valence electrons. The summed E-state index contributed by atoms with van der Waals surface area (Å²) in [6, 6.07) is -0.342. The van der Waals surface area contributed by atoms with Crippen molar-refractivity contribution in [1.82, 2.24) is 5.32 Å². The maximum absolute atomic E-state index is 11.6. The van der Waals surface area contributed by atoms with Gasteiger partial charge >= 0.3 is 0 Å². The quantitative estimate of drug-likeness (QED) is 0.592. The van der Waals surface area contributed by atoms with Crippen molar-refractivity contribution in [2.75, 3.05) is 6.61 Å². The van der Waals surface area contributed by atoms with E-state index in [4.69, 9.17) is 10.8 Å². The predicted octanol–water partition coefficient (Wildman–Crippen LogP) is 0.103. The van der Waals surface area contributed by atoms with Crippen LogP contribution in [0.1, 0.15) is 27.7 Å². The van der Waals surface area contributed by atoms with Crippen molar-refractivity contribution >= 4 is 5.91 Å². The van der Waals surface area contributed by atoms with E-state index in [9.17, 15) is 4.79 Å². The minimum atomic E-state index is -0.220. The molecule has 4 N–H and O–H groups in total. The number of nitrogens with one attached hydrogen (secondary N) is 1. The van der Waals surface area contributed by atoms with Gasteiger partial charge in [-0.05, 0) is 12.8 Å². The van der Waals surface area contributed by atoms with Crippen LogP contribution in [0, 0.1) is 11.8 Å². The fraction of sp³-hybridized carbons (Fsp3) is 0.900. The molecule has 2 unspecified atom stereocenters. The standard InChI is InChI=1S/C10H22N2O2/c1-6(2)9(5-13)12-10(14)7(3)8(4)11/h6-9,13H,5,11H2,1-4H3,(H,12,14)/t7?,8?,9-/m1/s1. The first-order valence-electron chi connectivity index (χ1n) is 5.07. The molecule has 0 aliphatic heterocycles. The Hall–Kier alpha value is -0.610. The van der Waals surface area contributed by atoms with E-state index in [1.165, 1.54) is 0 Å². The third-order valence-corrected chi connectivity index (χ3v) is 2.53. The van der Waals surface area contributed by atoms with E-state index >= 15 is 0 Å². The zero-order valence-electron chi connectivity index (χ0n) is 9.45. The van der Waals surface area contributed by atoms with E-state index in [0.717, 1.165) is 0 Å². The third-order valence-electron chi connectivity index (χ3n) is 2.53. The minimum absolute atomic E-state index is 0.0327. The fourth-order valence-corrected chi connectivity index (χ4v) is 0.976. The zero-order chi connectivity index (χ0) is 11.3. The van der Waals surface area contributed by atoms with E-state index in [1.54, 1.807) is 13.8 Å². The van der Waals surface area contributed by atoms with Crippen LogP contribution in [0.2, 0.25) is 0 Å². The fourth-order valence-electron chi connectivity index (χ4n) is 0.976. The van der Waals surface area contributed by atoms with Crippen LogP contribution in [0.4, 0.5) is 0 Å². The van der Waals surface area contributed by atoms with Gasteiger partial charge in [-0.3, -0.25) is 4.79 Å². The molecule has 0 bridgehead atoms. The Balaban J connectivity index is 4.15. The maximum atomic E-state index is 11.6. The molecule has 14 heavy (non-hydrogen) atoms. The molecule has 0 aromatic carbocycles. The number of carbonyl (C=O) groups excluding carboxylic acids is 1. The molecule has 4 heteroatoms. The van der Waals surface area contributed by atoms with Gasteiger partial charge in [0, 0.05) is 12.0 Å². The van der Waals surface area contributed by atoms with Gasteiger partial charge in [0.05, 0.1) is 12.6 Å². The number of hydrogen-bond donors (Lipinski definition) is 3. The Morgan fingerprint density at radius 2 is 1.86 bits per heavy atom. The van der Waals surface area contributed by atoms with Crippen LogP contribution < -0.4 is 11.1 Å². The number of amides is 1. The minimum Gasteiger partial charge on any atom is -0.394 e. The molecular formula is C10H22N2O2. The molecule has 4 nitrogen and oxygen atoms in total. The molecule has 0 aliphatic rings. The van der Waals surface area contributed by atoms with E-state index in [0.29, 0.717) is 0 Å². The molecule has 0 saturated carbocycles. The first-order valence-corrected chi connectivity index (χ1v) is 5.07. The van der Waals surface area contributed by atoms with Crippen molar-refractivity contribution in [2.24, 2.45) is 17.6 Å². The van der Waals surface area contributed by atoms with Crippen molar-refractivity contribution in [1.29, 1.82) is 0 Å². The van der Waals surface area contributed by atoms with Crippen LogP contribution in [0.15, 0.2) is 0 Å². The lowest BCUT2D eigenvalue weighted by Gasteiger charge is -2.23. The number of nitrogens with two attached hydrogens (primary N) is 1. The average Bonchev–Trinajstić information content (AvgIpc) is 2.11. The summed E-state index contributed by atoms with van der Waals surface area (Å²) < 4.78 is 0. The largest absolute Gasteiger partial charge is 0.394 e. The molecule has 0 radical (unpaired) electrons. The van der Waals surface area contributed by atoms with Crippen LogP contribution in [0.5, 0.6) is 0 Å². The number of hydrogen-bond acceptors (Lipinski definition) is 3. The highest BCUT2D eigenvalue weighted by atomic mass is 16.3. The first kappa shape index (κ1) is 13.4. The molecule has 0 saturated heterocycles. The van der Waals surface area contributed by atoms with Gasteiger partial charge in [0.25, 0.3) is 0 Å². The summed E-state index contributed by atoms with van der Waals surface area (Å²) in [6.07, 6.45) is 0. The predicted molar refractivity (Wildman–Crippen MR) is 56.7 cm³/mol. The second kappa shape index (κ2) is 5.98. The Bertz CT molecular complexity index is 181. The SMILES string of the molecule is CC(N)C(C)C(=O)N[C@H](CO)C(C)C. The number of aliphatic hydroxyl groups is 1. The summed E-state index contributed by atoms with van der Waals surface area (Å²) in [4.78, 5) is 11.6. The molecule has 0 rings (SSSR count). The second-order valence-corrected chi connectivity index (χ2v) is 4.19. The normalized spacial score (nSPS) is 17.6. The van der Waals surface area contributed by atoms with Gasteiger partial charge in [-0.25, -0.2) is 0 Å². The van der Waals surface area contributed by atoms with Crippen LogP contribution >= 0.6 is 0 Å². The highest BCUT2D eigenvalue weighted by Crippen LogP contribution is 2.04. The van der Waals surface area contributed by atoms with Gasteiger partial charge in [-0.2, -0.15) is 0 Å². The zero-order valence-corrected chi connectivity index (χ0v) is 9.45. The molecule has 1 amide bonds. The molecule has 0 heterocycles. The first-order chi connectivity index (χ1) is 6.40. The van der Waals surface area contributed by atoms with Crippen molar-refractivity contribution in [3.63, 3.8) is 0 Å². The van der Waals surface area contributed by atoms with Gasteiger partial charge in [0.15, 0.2) is 0 Å². The molecule has 0 aromatic heterocycles. The van der Waals surface area contributed by atoms with E-state index in [1.807, 2.05) is 13.8 Å². The second-order valence-electron chi connectivity index (χ2n) is 4.19. The Kier molecular flexibility index (Phi) is 5.72. The van der Waals surface area contributed by atoms with Gasteiger partial charge in [-0.15, -0.1) is 0 Å². The van der Waals surface area contributed by atoms with Crippen LogP contribution in [0.25, 0.3) is 0 Å². The smallest absolute Gasteiger partial charge is 0.224 e. The van der Waals surface area contributed by atoms with E-state index in [-0.39, 0.29) is 36.4 Å². The Morgan fingerprint density at radius 1 is 1.36 bits per heavy atom. The molecule has 0 aliphatic carbocycles. The monoisotopic (exact) mass is 202 g/mol. The lowest BCUT2D eigenvalue weighted by atomic mass is 10.0. The molecule has 0 spiro atoms. The maximum Gasteiger partial charge on any atom is 0.224 e. The van der Waals surface area contributed by atoms with Gasteiger partial charge in [0.2, 0.25) is 5.91 Å². The van der Waals surface area contributed by atoms with Crippen molar-refractivity contribution in [3.05, 3.63) is 0 Å². The number of rotatable bonds is 5. The van der Waals surface area contributed by atoms with Crippen LogP contribution in [0.3, 0.4) is 0 Å². The summed E-state index contributed by atoms with van der Waals surface area (Å²) in [5.41, 5.74) is 5.61. The lowest BCUT2D eigenvalue weighted by molar-refractivity contribution is -0.126. The summed E-state index contributed by atoms with van der Waals surface area (Å²) >= 11 is 0. The highest BCUT2D eigenvalue weighted by molar-refractivity contribution is 5.79. The molecular weight excluding hydrogens is 180 g/mol. The Morgan fingerprint density at radius 3 is 2.14 bits per heavy atom. The molecule has 0 aromatic rings. The van der Waals surface area contributed by atoms with Crippen molar-refractivity contribution < 1.29 is 9.90 Å². The van der Waals surface area contributed by atoms with Crippen molar-refractivity contribution in [2.45, 2.75) is 39.8 Å². The van der Waals surface area contributed by atoms with Crippen molar-refractivity contribution in [3.8, 4) is 0 Å². The topological polar surface area (TPSA) is 75.4 Å². The van der Waals surface area contributed by atoms with Crippen LogP contribution in [-0.2, 0) is 4.79 Å². The van der Waals surface area contributed by atoms with Crippen LogP contribution in [-0.4, -0.2) is 29.7 Å². The number of aliphatic hydroxyl groups excluding tert-OH is 1.